The van der Waals surface area contributed by atoms with Crippen LogP contribution in [0, 0.1) is 17.2 Å². The molecule has 1 saturated heterocycles. The highest BCUT2D eigenvalue weighted by Gasteiger charge is 2.58. The van der Waals surface area contributed by atoms with E-state index < -0.39 is 23.4 Å². The Balaban J connectivity index is 1.28. The van der Waals surface area contributed by atoms with Crippen LogP contribution < -0.4 is 4.74 Å². The van der Waals surface area contributed by atoms with Gasteiger partial charge in [-0.15, -0.1) is 0 Å². The van der Waals surface area contributed by atoms with Crippen molar-refractivity contribution in [3.63, 3.8) is 0 Å². The highest BCUT2D eigenvalue weighted by atomic mass is 19.4. The Morgan fingerprint density at radius 3 is 2.36 bits per heavy atom. The molecule has 0 bridgehead atoms. The lowest BCUT2D eigenvalue weighted by Crippen LogP contribution is -2.53. The summed E-state index contributed by atoms with van der Waals surface area (Å²) in [6.07, 6.45) is -0.270. The maximum Gasteiger partial charge on any atom is 0.395 e. The average molecular weight is 466 g/mol. The fraction of sp³-hybridized carbons (Fsp3) is 0.500. The Kier molecular flexibility index (Phi) is 6.61. The van der Waals surface area contributed by atoms with Gasteiger partial charge < -0.3 is 14.7 Å². The Bertz CT molecular complexity index is 982. The van der Waals surface area contributed by atoms with E-state index in [9.17, 15) is 22.4 Å². The summed E-state index contributed by atoms with van der Waals surface area (Å²) in [5.41, 5.74) is -0.496. The van der Waals surface area contributed by atoms with E-state index in [0.29, 0.717) is 37.2 Å². The van der Waals surface area contributed by atoms with E-state index in [1.54, 1.807) is 12.1 Å². The first-order valence-electron chi connectivity index (χ1n) is 11.1. The van der Waals surface area contributed by atoms with Crippen LogP contribution in [0.5, 0.6) is 5.75 Å². The molecule has 4 rings (SSSR count). The smallest absolute Gasteiger partial charge is 0.395 e. The number of pyridine rings is 1. The molecule has 0 unspecified atom stereocenters. The molecular formula is C24H26F4N2O3. The monoisotopic (exact) mass is 466 g/mol. The number of carboxylic acid groups (broad SMARTS) is 1. The first-order valence-corrected chi connectivity index (χ1v) is 11.1. The molecular weight excluding hydrogens is 440 g/mol. The van der Waals surface area contributed by atoms with Crippen LogP contribution in [0.15, 0.2) is 36.5 Å². The summed E-state index contributed by atoms with van der Waals surface area (Å²) in [6.45, 7) is 1.56. The summed E-state index contributed by atoms with van der Waals surface area (Å²) < 4.78 is 60.5. The number of halogens is 4. The summed E-state index contributed by atoms with van der Waals surface area (Å²) in [7, 11) is 0. The molecule has 1 saturated carbocycles. The maximum atomic E-state index is 14.5. The van der Waals surface area contributed by atoms with Crippen molar-refractivity contribution in [2.45, 2.75) is 38.3 Å². The van der Waals surface area contributed by atoms with Gasteiger partial charge in [0.05, 0.1) is 12.0 Å². The minimum absolute atomic E-state index is 0.0719. The molecule has 2 aromatic rings. The van der Waals surface area contributed by atoms with Crippen molar-refractivity contribution >= 4 is 5.97 Å². The summed E-state index contributed by atoms with van der Waals surface area (Å²) in [5.74, 6) is -1.40. The Morgan fingerprint density at radius 2 is 1.85 bits per heavy atom. The first kappa shape index (κ1) is 23.5. The summed E-state index contributed by atoms with van der Waals surface area (Å²) in [6, 6.07) is 7.42. The van der Waals surface area contributed by atoms with E-state index >= 15 is 0 Å². The van der Waals surface area contributed by atoms with E-state index in [1.165, 1.54) is 24.4 Å². The van der Waals surface area contributed by atoms with Gasteiger partial charge in [0.15, 0.2) is 11.6 Å². The van der Waals surface area contributed by atoms with Gasteiger partial charge in [0.1, 0.15) is 5.69 Å². The second kappa shape index (κ2) is 9.29. The second-order valence-corrected chi connectivity index (χ2v) is 9.04. The lowest BCUT2D eigenvalue weighted by Gasteiger charge is -2.47. The van der Waals surface area contributed by atoms with Crippen LogP contribution in [0.25, 0.3) is 11.1 Å². The van der Waals surface area contributed by atoms with Crippen LogP contribution in [-0.4, -0.2) is 53.4 Å². The molecule has 1 aliphatic carbocycles. The van der Waals surface area contributed by atoms with E-state index in [1.807, 2.05) is 4.90 Å². The van der Waals surface area contributed by atoms with Crippen LogP contribution >= 0.6 is 0 Å². The zero-order valence-electron chi connectivity index (χ0n) is 18.1. The Morgan fingerprint density at radius 1 is 1.15 bits per heavy atom. The average Bonchev–Trinajstić information content (AvgIpc) is 2.75. The third-order valence-corrected chi connectivity index (χ3v) is 6.87. The van der Waals surface area contributed by atoms with Gasteiger partial charge in [-0.25, -0.2) is 14.2 Å². The van der Waals surface area contributed by atoms with E-state index in [4.69, 9.17) is 9.84 Å². The number of carboxylic acids is 1. The zero-order chi connectivity index (χ0) is 23.6. The number of benzene rings is 1. The SMILES string of the molecule is O=C(O)c1ccc(-c2ccc(OCC3CCN(CC4(C(F)(F)F)CCC4)CC3)c(F)c2)cn1. The van der Waals surface area contributed by atoms with E-state index in [0.717, 1.165) is 12.8 Å². The van der Waals surface area contributed by atoms with Crippen molar-refractivity contribution in [3.8, 4) is 16.9 Å². The fourth-order valence-corrected chi connectivity index (χ4v) is 4.57. The topological polar surface area (TPSA) is 62.7 Å². The molecule has 0 radical (unpaired) electrons. The molecule has 2 aliphatic rings. The van der Waals surface area contributed by atoms with Crippen LogP contribution in [0.2, 0.25) is 0 Å². The minimum atomic E-state index is -4.15. The second-order valence-electron chi connectivity index (χ2n) is 9.04. The van der Waals surface area contributed by atoms with Gasteiger partial charge in [0.2, 0.25) is 0 Å². The summed E-state index contributed by atoms with van der Waals surface area (Å²) >= 11 is 0. The van der Waals surface area contributed by atoms with Gasteiger partial charge in [-0.1, -0.05) is 18.6 Å². The predicted molar refractivity (Wildman–Crippen MR) is 114 cm³/mol. The van der Waals surface area contributed by atoms with Gasteiger partial charge in [0, 0.05) is 18.3 Å². The molecule has 2 heterocycles. The summed E-state index contributed by atoms with van der Waals surface area (Å²) in [5, 5.41) is 8.92. The first-order chi connectivity index (χ1) is 15.7. The van der Waals surface area contributed by atoms with Gasteiger partial charge in [-0.3, -0.25) is 0 Å². The molecule has 2 fully saturated rings. The third-order valence-electron chi connectivity index (χ3n) is 6.87. The number of aromatic carboxylic acids is 1. The maximum absolute atomic E-state index is 14.5. The highest BCUT2D eigenvalue weighted by Crippen LogP contribution is 2.53. The minimum Gasteiger partial charge on any atom is -0.490 e. The van der Waals surface area contributed by atoms with Crippen LogP contribution in [0.4, 0.5) is 17.6 Å². The van der Waals surface area contributed by atoms with Crippen LogP contribution in [-0.2, 0) is 0 Å². The number of nitrogens with zero attached hydrogens (tertiary/aromatic N) is 2. The normalized spacial score (nSPS) is 19.2. The number of alkyl halides is 3. The van der Waals surface area contributed by atoms with Gasteiger partial charge in [-0.2, -0.15) is 13.2 Å². The van der Waals surface area contributed by atoms with Crippen molar-refractivity contribution in [3.05, 3.63) is 48.0 Å². The lowest BCUT2D eigenvalue weighted by molar-refractivity contribution is -0.256. The highest BCUT2D eigenvalue weighted by molar-refractivity contribution is 5.85. The lowest BCUT2D eigenvalue weighted by atomic mass is 9.67. The fourth-order valence-electron chi connectivity index (χ4n) is 4.57. The Hall–Kier alpha value is -2.68. The number of rotatable bonds is 7. The number of hydrogen-bond donors (Lipinski definition) is 1. The molecule has 1 N–H and O–H groups in total. The molecule has 0 amide bonds. The van der Waals surface area contributed by atoms with Gasteiger partial charge in [-0.05, 0) is 68.5 Å². The molecule has 1 aliphatic heterocycles. The quantitative estimate of drug-likeness (QED) is 0.553. The van der Waals surface area contributed by atoms with Crippen molar-refractivity contribution in [2.75, 3.05) is 26.2 Å². The van der Waals surface area contributed by atoms with Crippen molar-refractivity contribution in [2.24, 2.45) is 11.3 Å². The van der Waals surface area contributed by atoms with Crippen molar-refractivity contribution < 1.29 is 32.2 Å². The molecule has 5 nitrogen and oxygen atoms in total. The van der Waals surface area contributed by atoms with Crippen molar-refractivity contribution in [1.29, 1.82) is 0 Å². The van der Waals surface area contributed by atoms with Crippen molar-refractivity contribution in [1.82, 2.24) is 9.88 Å². The van der Waals surface area contributed by atoms with Gasteiger partial charge in [0.25, 0.3) is 0 Å². The number of piperidine rings is 1. The molecule has 1 aromatic heterocycles. The molecule has 178 valence electrons. The molecule has 1 aromatic carbocycles. The van der Waals surface area contributed by atoms with Crippen LogP contribution in [0.3, 0.4) is 0 Å². The molecule has 33 heavy (non-hydrogen) atoms. The number of hydrogen-bond acceptors (Lipinski definition) is 4. The number of carbonyl (C=O) groups is 1. The molecule has 9 heteroatoms. The summed E-state index contributed by atoms with van der Waals surface area (Å²) in [4.78, 5) is 16.6. The third kappa shape index (κ3) is 5.13. The van der Waals surface area contributed by atoms with Gasteiger partial charge >= 0.3 is 12.1 Å². The Labute approximate surface area is 189 Å². The number of likely N-dealkylation sites (tertiary alicyclic amines) is 1. The predicted octanol–water partition coefficient (Wildman–Crippen LogP) is 5.41. The van der Waals surface area contributed by atoms with E-state index in [2.05, 4.69) is 4.98 Å². The molecule has 0 spiro atoms. The standard InChI is InChI=1S/C24H26F4N2O3/c25-19-12-17(18-2-4-20(22(31)32)29-13-18)3-5-21(19)33-14-16-6-10-30(11-7-16)15-23(8-1-9-23)24(26,27)28/h2-5,12-13,16H,1,6-11,14-15H2,(H,31,32). The number of ether oxygens (including phenoxy) is 1. The zero-order valence-corrected chi connectivity index (χ0v) is 18.1. The van der Waals surface area contributed by atoms with E-state index in [-0.39, 0.29) is 36.7 Å². The van der Waals surface area contributed by atoms with Crippen LogP contribution in [0.1, 0.15) is 42.6 Å². The number of aromatic nitrogens is 1. The largest absolute Gasteiger partial charge is 0.490 e. The molecule has 0 atom stereocenters.